The first-order valence-corrected chi connectivity index (χ1v) is 2.26. The molecule has 4 heteroatoms. The summed E-state index contributed by atoms with van der Waals surface area (Å²) in [6, 6.07) is 0. The van der Waals surface area contributed by atoms with Crippen LogP contribution in [0.1, 0.15) is 13.8 Å². The number of hydrogen-bond donors (Lipinski definition) is 2. The van der Waals surface area contributed by atoms with Crippen LogP contribution in [0.2, 0.25) is 0 Å². The Morgan fingerprint density at radius 3 is 2.62 bits per heavy atom. The van der Waals surface area contributed by atoms with Gasteiger partial charge in [0, 0.05) is 6.20 Å². The molecule has 0 aliphatic heterocycles. The molecular formula is C4H10N4. The number of hydrogen-bond acceptors (Lipinski definition) is 2. The van der Waals surface area contributed by atoms with E-state index in [4.69, 9.17) is 0 Å². The number of rotatable bonds is 2. The lowest BCUT2D eigenvalue weighted by Gasteiger charge is -1.86. The summed E-state index contributed by atoms with van der Waals surface area (Å²) in [6.07, 6.45) is 1.70. The summed E-state index contributed by atoms with van der Waals surface area (Å²) in [5.74, 6) is 4.68. The van der Waals surface area contributed by atoms with Crippen molar-refractivity contribution < 1.29 is 0 Å². The highest BCUT2D eigenvalue weighted by atomic mass is 15.5. The summed E-state index contributed by atoms with van der Waals surface area (Å²) in [6.45, 7) is 3.89. The second kappa shape index (κ2) is 4.11. The van der Waals surface area contributed by atoms with Crippen molar-refractivity contribution in [3.8, 4) is 0 Å². The van der Waals surface area contributed by atoms with E-state index < -0.39 is 0 Å². The summed E-state index contributed by atoms with van der Waals surface area (Å²) in [5, 5.41) is 6.27. The molecule has 0 saturated heterocycles. The highest BCUT2D eigenvalue weighted by Gasteiger charge is 1.69. The zero-order chi connectivity index (χ0) is 6.41. The van der Waals surface area contributed by atoms with Gasteiger partial charge in [-0.25, -0.2) is 0 Å². The maximum absolute atomic E-state index is 4.68. The Bertz CT molecular complexity index is 101. The van der Waals surface area contributed by atoms with Crippen molar-refractivity contribution in [1.29, 1.82) is 0 Å². The maximum Gasteiger partial charge on any atom is 0.0204 e. The van der Waals surface area contributed by atoms with Gasteiger partial charge in [0.2, 0.25) is 0 Å². The van der Waals surface area contributed by atoms with Crippen LogP contribution in [0.5, 0.6) is 0 Å². The van der Waals surface area contributed by atoms with Gasteiger partial charge in [-0.2, -0.15) is 0 Å². The van der Waals surface area contributed by atoms with E-state index in [0.29, 0.717) is 0 Å². The molecule has 0 aromatic rings. The molecule has 0 fully saturated rings. The van der Waals surface area contributed by atoms with E-state index in [-0.39, 0.29) is 0 Å². The van der Waals surface area contributed by atoms with E-state index in [1.54, 1.807) is 6.20 Å². The fourth-order valence-electron chi connectivity index (χ4n) is 0.191. The maximum atomic E-state index is 4.68. The van der Waals surface area contributed by atoms with E-state index in [9.17, 15) is 0 Å². The van der Waals surface area contributed by atoms with E-state index in [1.807, 2.05) is 13.8 Å². The Hall–Kier alpha value is -1.06. The van der Waals surface area contributed by atoms with Crippen LogP contribution in [0, 0.1) is 0 Å². The Kier molecular flexibility index (Phi) is 3.56. The van der Waals surface area contributed by atoms with Gasteiger partial charge in [-0.3, -0.25) is 5.43 Å². The second-order valence-electron chi connectivity index (χ2n) is 1.57. The molecule has 0 unspecified atom stereocenters. The first-order valence-electron chi connectivity index (χ1n) is 2.26. The highest BCUT2D eigenvalue weighted by Crippen LogP contribution is 1.82. The van der Waals surface area contributed by atoms with Gasteiger partial charge in [0.1, 0.15) is 0 Å². The Labute approximate surface area is 48.4 Å². The minimum absolute atomic E-state index is 1.12. The van der Waals surface area contributed by atoms with Crippen molar-refractivity contribution in [3.63, 3.8) is 0 Å². The van der Waals surface area contributed by atoms with Gasteiger partial charge in [0.25, 0.3) is 0 Å². The van der Waals surface area contributed by atoms with E-state index in [2.05, 4.69) is 21.7 Å². The summed E-state index contributed by atoms with van der Waals surface area (Å²) in [5.41, 5.74) is 3.63. The van der Waals surface area contributed by atoms with Crippen LogP contribution in [0.4, 0.5) is 0 Å². The van der Waals surface area contributed by atoms with Crippen LogP contribution < -0.4 is 11.3 Å². The topological polar surface area (TPSA) is 62.8 Å². The van der Waals surface area contributed by atoms with Crippen LogP contribution in [0.15, 0.2) is 22.2 Å². The lowest BCUT2D eigenvalue weighted by molar-refractivity contribution is 0.816. The predicted molar refractivity (Wildman–Crippen MR) is 31.6 cm³/mol. The molecule has 0 amide bonds. The molecule has 0 aliphatic carbocycles. The average Bonchev–Trinajstić information content (AvgIpc) is 1.66. The summed E-state index contributed by atoms with van der Waals surface area (Å²) in [7, 11) is 0. The Morgan fingerprint density at radius 2 is 2.25 bits per heavy atom. The van der Waals surface area contributed by atoms with Crippen molar-refractivity contribution in [1.82, 2.24) is 5.43 Å². The van der Waals surface area contributed by atoms with Gasteiger partial charge in [-0.1, -0.05) is 16.0 Å². The zero-order valence-electron chi connectivity index (χ0n) is 5.05. The van der Waals surface area contributed by atoms with E-state index >= 15 is 0 Å². The minimum Gasteiger partial charge on any atom is -0.303 e. The first-order chi connectivity index (χ1) is 3.77. The molecule has 0 radical (unpaired) electrons. The third kappa shape index (κ3) is 4.94. The largest absolute Gasteiger partial charge is 0.303 e. The zero-order valence-corrected chi connectivity index (χ0v) is 5.05. The molecular weight excluding hydrogens is 104 g/mol. The molecule has 8 heavy (non-hydrogen) atoms. The van der Waals surface area contributed by atoms with Gasteiger partial charge in [-0.15, -0.1) is 0 Å². The van der Waals surface area contributed by atoms with Crippen molar-refractivity contribution >= 4 is 0 Å². The molecule has 0 saturated carbocycles. The monoisotopic (exact) mass is 114 g/mol. The third-order valence-corrected chi connectivity index (χ3v) is 0.469. The molecule has 0 rings (SSSR count). The van der Waals surface area contributed by atoms with Crippen LogP contribution >= 0.6 is 0 Å². The fraction of sp³-hybridized carbons (Fsp3) is 0.500. The predicted octanol–water partition coefficient (Wildman–Crippen LogP) is 0.741. The van der Waals surface area contributed by atoms with Gasteiger partial charge >= 0.3 is 0 Å². The van der Waals surface area contributed by atoms with E-state index in [1.165, 1.54) is 0 Å². The second-order valence-corrected chi connectivity index (χ2v) is 1.57. The van der Waals surface area contributed by atoms with Gasteiger partial charge in [0.05, 0.1) is 0 Å². The molecule has 0 aromatic heterocycles. The normalized spacial score (nSPS) is 9.25. The third-order valence-electron chi connectivity index (χ3n) is 0.469. The fourth-order valence-corrected chi connectivity index (χ4v) is 0.191. The molecule has 3 N–H and O–H groups in total. The van der Waals surface area contributed by atoms with Gasteiger partial charge < -0.3 is 5.84 Å². The molecule has 4 nitrogen and oxygen atoms in total. The molecule has 0 aliphatic rings. The number of nitrogens with zero attached hydrogens (tertiary/aromatic N) is 2. The van der Waals surface area contributed by atoms with Crippen LogP contribution in [0.25, 0.3) is 0 Å². The van der Waals surface area contributed by atoms with Crippen molar-refractivity contribution in [3.05, 3.63) is 11.8 Å². The lowest BCUT2D eigenvalue weighted by atomic mass is 10.4. The van der Waals surface area contributed by atoms with Crippen molar-refractivity contribution in [2.75, 3.05) is 0 Å². The molecule has 0 bridgehead atoms. The van der Waals surface area contributed by atoms with Gasteiger partial charge in [-0.05, 0) is 13.8 Å². The quantitative estimate of drug-likeness (QED) is 0.316. The van der Waals surface area contributed by atoms with Crippen molar-refractivity contribution in [2.45, 2.75) is 13.8 Å². The highest BCUT2D eigenvalue weighted by molar-refractivity contribution is 4.89. The average molecular weight is 114 g/mol. The Morgan fingerprint density at radius 1 is 1.62 bits per heavy atom. The van der Waals surface area contributed by atoms with Gasteiger partial charge in [0.15, 0.2) is 0 Å². The molecule has 46 valence electrons. The molecule has 0 heterocycles. The molecule has 0 spiro atoms. The first kappa shape index (κ1) is 6.94. The lowest BCUT2D eigenvalue weighted by Crippen LogP contribution is -1.93. The number of nitrogens with one attached hydrogen (secondary N) is 1. The smallest absolute Gasteiger partial charge is 0.0204 e. The van der Waals surface area contributed by atoms with Crippen LogP contribution in [-0.4, -0.2) is 0 Å². The minimum atomic E-state index is 1.12. The van der Waals surface area contributed by atoms with E-state index in [0.717, 1.165) is 5.57 Å². The molecule has 0 aromatic carbocycles. The standard InChI is InChI=1S/C4H10N4/c1-4(2)3-6-8-7-5/h3H,1-2H3,(H2,5,8)(H,6,7). The van der Waals surface area contributed by atoms with Crippen LogP contribution in [-0.2, 0) is 0 Å². The van der Waals surface area contributed by atoms with Crippen LogP contribution in [0.3, 0.4) is 0 Å². The SMILES string of the molecule is CC(C)=CN/N=N\N. The van der Waals surface area contributed by atoms with Crippen molar-refractivity contribution in [2.24, 2.45) is 16.3 Å². The number of allylic oxidation sites excluding steroid dienone is 1. The Balaban J connectivity index is 3.30. The number of nitrogens with two attached hydrogens (primary N) is 1. The summed E-state index contributed by atoms with van der Waals surface area (Å²) >= 11 is 0. The summed E-state index contributed by atoms with van der Waals surface area (Å²) < 4.78 is 0. The summed E-state index contributed by atoms with van der Waals surface area (Å²) in [4.78, 5) is 0. The molecule has 0 atom stereocenters.